The minimum Gasteiger partial charge on any atom is -0.460 e. The lowest BCUT2D eigenvalue weighted by atomic mass is 9.77. The Balaban J connectivity index is 1.35. The third kappa shape index (κ3) is 16.7. The molecular weight excluding hydrogens is 1360 g/mol. The fourth-order valence-electron chi connectivity index (χ4n) is 11.2. The summed E-state index contributed by atoms with van der Waals surface area (Å²) in [6.45, 7) is 12.8. The predicted molar refractivity (Wildman–Crippen MR) is 329 cm³/mol. The molecule has 6 aromatic rings. The van der Waals surface area contributed by atoms with Gasteiger partial charge >= 0.3 is 26.1 Å². The lowest BCUT2D eigenvalue weighted by Crippen LogP contribution is -2.40. The predicted octanol–water partition coefficient (Wildman–Crippen LogP) is 13.2. The molecule has 2 aliphatic rings. The van der Waals surface area contributed by atoms with Crippen molar-refractivity contribution >= 4 is 73.8 Å². The van der Waals surface area contributed by atoms with Gasteiger partial charge in [0, 0.05) is 52.3 Å². The number of alkyl halides is 8. The number of hydrogen-bond acceptors (Lipinski definition) is 15. The average Bonchev–Trinajstić information content (AvgIpc) is 1.52. The van der Waals surface area contributed by atoms with Crippen molar-refractivity contribution < 1.29 is 98.0 Å². The number of phosphoric ester groups is 1. The standard InChI is InChI=1S/C62H67ClF10N7O12PS2/c1-32(2)90-93(84,91-33(3)4)92-45-16-14-15-35(26-48(83)89-57(5,6)7)51(45)58(8,9)29-47(82)80(95(13,87)88)56-50-43(63)20-19-40(53(50)79(77-56)31-60(66,67)68)39-18-17-38(21-22-59(10,11)94(12,85)86)74-52(39)44(25-34-23-36(64)27-37(65)24-34)75-46(81)30-78-55-49(54(76-78)62(71,72)73)41-28-42(41)61(55,69)70/h14-20,23-24,27,32-33,41-42,44H,25-26,28-31H2,1-13H3,(H,75,81)/t41-,42+,44-/m0/s1. The second-order valence-corrected chi connectivity index (χ2v) is 32.2. The van der Waals surface area contributed by atoms with E-state index in [9.17, 15) is 44.2 Å². The number of hydrogen-bond donors (Lipinski definition) is 1. The Morgan fingerprint density at radius 3 is 2.02 bits per heavy atom. The third-order valence-corrected chi connectivity index (χ3v) is 20.2. The molecule has 0 saturated heterocycles. The number of benzene rings is 3. The van der Waals surface area contributed by atoms with Crippen LogP contribution >= 0.6 is 19.4 Å². The van der Waals surface area contributed by atoms with Crippen molar-refractivity contribution in [3.8, 4) is 28.7 Å². The van der Waals surface area contributed by atoms with E-state index >= 15 is 35.5 Å². The van der Waals surface area contributed by atoms with E-state index in [-0.39, 0.29) is 53.8 Å². The lowest BCUT2D eigenvalue weighted by Gasteiger charge is -2.32. The summed E-state index contributed by atoms with van der Waals surface area (Å²) < 4.78 is 241. The molecule has 0 aliphatic heterocycles. The van der Waals surface area contributed by atoms with Crippen LogP contribution in [0.15, 0.2) is 60.7 Å². The van der Waals surface area contributed by atoms with Crippen molar-refractivity contribution in [2.24, 2.45) is 5.92 Å². The maximum Gasteiger partial charge on any atom is 0.530 e. The zero-order chi connectivity index (χ0) is 71.1. The Morgan fingerprint density at radius 1 is 0.853 bits per heavy atom. The molecule has 3 heterocycles. The molecule has 3 aromatic carbocycles. The van der Waals surface area contributed by atoms with Crippen molar-refractivity contribution in [3.63, 3.8) is 0 Å². The summed E-state index contributed by atoms with van der Waals surface area (Å²) in [4.78, 5) is 48.0. The molecule has 1 N–H and O–H groups in total. The van der Waals surface area contributed by atoms with Crippen LogP contribution in [0.3, 0.4) is 0 Å². The van der Waals surface area contributed by atoms with Gasteiger partial charge < -0.3 is 14.6 Å². The number of esters is 1. The number of ether oxygens (including phenoxy) is 1. The van der Waals surface area contributed by atoms with Crippen LogP contribution < -0.4 is 14.1 Å². The SMILES string of the molecule is CC(C)OP(=O)(Oc1cccc(CC(=O)OC(C)(C)C)c1C(C)(C)CC(=O)N(c1nn(CC(F)(F)F)c2c(-c3ccc(C#CC(C)(C)S(C)(=O)=O)nc3[C@H](Cc3cc(F)cc(F)c3)NC(=O)Cn3nc(C(F)(F)F)c4c3C(F)(F)[C@@H]3C[C@H]43)ccc(Cl)c12)S(C)(=O)=O)OC(C)C. The Labute approximate surface area is 546 Å². The summed E-state index contributed by atoms with van der Waals surface area (Å²) in [5.74, 6) is -8.75. The van der Waals surface area contributed by atoms with E-state index in [1.807, 2.05) is 0 Å². The van der Waals surface area contributed by atoms with Crippen LogP contribution in [-0.4, -0.2) is 100 Å². The van der Waals surface area contributed by atoms with Crippen LogP contribution in [0.2, 0.25) is 5.02 Å². The maximum absolute atomic E-state index is 15.8. The first-order valence-electron chi connectivity index (χ1n) is 29.2. The second-order valence-electron chi connectivity index (χ2n) is 25.9. The number of rotatable bonds is 22. The number of carbonyl (C=O) groups is 3. The highest BCUT2D eigenvalue weighted by Crippen LogP contribution is 2.68. The van der Waals surface area contributed by atoms with E-state index in [0.717, 1.165) is 42.7 Å². The minimum absolute atomic E-state index is 0.0370. The Morgan fingerprint density at radius 2 is 1.46 bits per heavy atom. The molecule has 1 saturated carbocycles. The highest BCUT2D eigenvalue weighted by molar-refractivity contribution is 7.93. The van der Waals surface area contributed by atoms with Gasteiger partial charge in [0.15, 0.2) is 21.3 Å². The van der Waals surface area contributed by atoms with Gasteiger partial charge in [0.1, 0.15) is 52.2 Å². The number of phosphoric acid groups is 1. The molecular formula is C62H67ClF10N7O12PS2. The van der Waals surface area contributed by atoms with E-state index in [1.165, 1.54) is 73.6 Å². The van der Waals surface area contributed by atoms with Gasteiger partial charge in [-0.2, -0.15) is 49.6 Å². The van der Waals surface area contributed by atoms with Crippen LogP contribution in [0, 0.1) is 29.4 Å². The highest BCUT2D eigenvalue weighted by atomic mass is 35.5. The zero-order valence-corrected chi connectivity index (χ0v) is 56.7. The summed E-state index contributed by atoms with van der Waals surface area (Å²) in [5, 5.41) is 8.78. The van der Waals surface area contributed by atoms with Gasteiger partial charge in [-0.3, -0.25) is 32.8 Å². The number of aromatic nitrogens is 5. The van der Waals surface area contributed by atoms with Crippen LogP contribution in [-0.2, 0) is 96.0 Å². The van der Waals surface area contributed by atoms with Crippen molar-refractivity contribution in [1.82, 2.24) is 29.9 Å². The summed E-state index contributed by atoms with van der Waals surface area (Å²) in [5.41, 5.74) is -9.01. The number of carbonyl (C=O) groups excluding carboxylic acids is 3. The molecule has 2 amide bonds. The van der Waals surface area contributed by atoms with E-state index < -0.39 is 204 Å². The quantitative estimate of drug-likeness (QED) is 0.0288. The van der Waals surface area contributed by atoms with Gasteiger partial charge in [-0.05, 0) is 135 Å². The average molecular weight is 1420 g/mol. The number of nitrogens with zero attached hydrogens (tertiary/aromatic N) is 6. The summed E-state index contributed by atoms with van der Waals surface area (Å²) in [6.07, 6.45) is -13.2. The third-order valence-electron chi connectivity index (χ3n) is 15.1. The summed E-state index contributed by atoms with van der Waals surface area (Å²) in [7, 11) is -13.7. The number of nitrogens with one attached hydrogen (secondary N) is 1. The van der Waals surface area contributed by atoms with E-state index in [0.29, 0.717) is 12.3 Å². The lowest BCUT2D eigenvalue weighted by molar-refractivity contribution is -0.154. The Hall–Kier alpha value is -7.10. The first-order valence-corrected chi connectivity index (χ1v) is 34.8. The molecule has 0 radical (unpaired) electrons. The largest absolute Gasteiger partial charge is 0.530 e. The maximum atomic E-state index is 15.8. The van der Waals surface area contributed by atoms with E-state index in [1.54, 1.807) is 20.8 Å². The number of amides is 2. The molecule has 2 aliphatic carbocycles. The fraction of sp³-hybridized carbons (Fsp3) is 0.484. The molecule has 95 heavy (non-hydrogen) atoms. The molecule has 0 bridgehead atoms. The molecule has 3 atom stereocenters. The second kappa shape index (κ2) is 26.0. The number of sulfonamides is 1. The zero-order valence-electron chi connectivity index (χ0n) is 53.4. The van der Waals surface area contributed by atoms with Crippen molar-refractivity contribution in [2.75, 3.05) is 16.8 Å². The molecule has 0 unspecified atom stereocenters. The normalized spacial score (nSPS) is 16.3. The number of anilines is 1. The minimum atomic E-state index is -5.27. The van der Waals surface area contributed by atoms with Gasteiger partial charge in [-0.1, -0.05) is 49.6 Å². The Kier molecular flexibility index (Phi) is 20.2. The number of sulfone groups is 1. The topological polar surface area (TPSA) is 237 Å². The van der Waals surface area contributed by atoms with Crippen LogP contribution in [0.25, 0.3) is 22.0 Å². The van der Waals surface area contributed by atoms with Crippen molar-refractivity contribution in [2.45, 2.75) is 173 Å². The Bertz CT molecular complexity index is 4370. The first kappa shape index (κ1) is 73.7. The molecule has 19 nitrogen and oxygen atoms in total. The van der Waals surface area contributed by atoms with Gasteiger partial charge in [0.2, 0.25) is 21.8 Å². The molecule has 33 heteroatoms. The van der Waals surface area contributed by atoms with Gasteiger partial charge in [0.25, 0.3) is 5.92 Å². The van der Waals surface area contributed by atoms with Crippen LogP contribution in [0.5, 0.6) is 5.75 Å². The molecule has 516 valence electrons. The van der Waals surface area contributed by atoms with Gasteiger partial charge in [-0.25, -0.2) is 35.2 Å². The number of fused-ring (bicyclic) bond motifs is 4. The summed E-state index contributed by atoms with van der Waals surface area (Å²) >= 11 is 6.92. The van der Waals surface area contributed by atoms with Crippen molar-refractivity contribution in [1.29, 1.82) is 0 Å². The van der Waals surface area contributed by atoms with Crippen LogP contribution in [0.1, 0.15) is 146 Å². The molecule has 8 rings (SSSR count). The van der Waals surface area contributed by atoms with Crippen molar-refractivity contribution in [3.05, 3.63) is 122 Å². The molecule has 0 spiro atoms. The summed E-state index contributed by atoms with van der Waals surface area (Å²) in [6, 6.07) is 8.76. The monoisotopic (exact) mass is 1420 g/mol. The smallest absolute Gasteiger partial charge is 0.460 e. The number of halogens is 11. The fourth-order valence-corrected chi connectivity index (χ4v) is 14.1. The number of pyridine rings is 1. The molecule has 3 aromatic heterocycles. The van der Waals surface area contributed by atoms with Gasteiger partial charge in [-0.15, -0.1) is 0 Å². The first-order chi connectivity index (χ1) is 43.4. The highest BCUT2D eigenvalue weighted by Gasteiger charge is 2.68. The van der Waals surface area contributed by atoms with E-state index in [2.05, 4.69) is 32.3 Å². The van der Waals surface area contributed by atoms with Crippen LogP contribution in [0.4, 0.5) is 49.7 Å². The van der Waals surface area contributed by atoms with Gasteiger partial charge in [0.05, 0.1) is 52.5 Å². The van der Waals surface area contributed by atoms with E-state index in [4.69, 9.17) is 29.9 Å². The molecule has 1 fully saturated rings.